The van der Waals surface area contributed by atoms with Crippen LogP contribution in [-0.4, -0.2) is 15.0 Å². The molecule has 6 heteroatoms. The first-order valence-electron chi connectivity index (χ1n) is 5.35. The molecule has 0 aliphatic carbocycles. The number of thiophene rings is 1. The Morgan fingerprint density at radius 2 is 2.06 bits per heavy atom. The third kappa shape index (κ3) is 3.55. The van der Waals surface area contributed by atoms with E-state index in [1.807, 2.05) is 18.2 Å². The fourth-order valence-electron chi connectivity index (χ4n) is 1.51. The summed E-state index contributed by atoms with van der Waals surface area (Å²) in [7, 11) is -3.36. The molecule has 1 heterocycles. The summed E-state index contributed by atoms with van der Waals surface area (Å²) < 4.78 is 26.6. The lowest BCUT2D eigenvalue weighted by Crippen LogP contribution is -2.25. The van der Waals surface area contributed by atoms with Crippen molar-refractivity contribution in [2.75, 3.05) is 6.54 Å². The van der Waals surface area contributed by atoms with Crippen LogP contribution in [0.25, 0.3) is 0 Å². The average Bonchev–Trinajstić information content (AvgIpc) is 2.83. The molecule has 0 spiro atoms. The van der Waals surface area contributed by atoms with Gasteiger partial charge in [-0.05, 0) is 35.6 Å². The summed E-state index contributed by atoms with van der Waals surface area (Å²) in [5, 5.41) is 2.40. The van der Waals surface area contributed by atoms with Crippen molar-refractivity contribution in [2.24, 2.45) is 0 Å². The summed E-state index contributed by atoms with van der Waals surface area (Å²) >= 11 is 7.06. The molecule has 0 amide bonds. The van der Waals surface area contributed by atoms with Gasteiger partial charge in [-0.25, -0.2) is 13.1 Å². The van der Waals surface area contributed by atoms with E-state index in [9.17, 15) is 8.42 Å². The van der Waals surface area contributed by atoms with Gasteiger partial charge in [-0.15, -0.1) is 11.3 Å². The van der Waals surface area contributed by atoms with Gasteiger partial charge < -0.3 is 0 Å². The highest BCUT2D eigenvalue weighted by atomic mass is 35.5. The zero-order chi connectivity index (χ0) is 13.0. The molecule has 0 bridgehead atoms. The molecule has 0 fully saturated rings. The van der Waals surface area contributed by atoms with Crippen molar-refractivity contribution in [3.05, 3.63) is 52.4 Å². The maximum absolute atomic E-state index is 11.8. The topological polar surface area (TPSA) is 46.2 Å². The highest BCUT2D eigenvalue weighted by molar-refractivity contribution is 7.91. The molecule has 18 heavy (non-hydrogen) atoms. The minimum absolute atomic E-state index is 0.341. The lowest BCUT2D eigenvalue weighted by atomic mass is 10.2. The summed E-state index contributed by atoms with van der Waals surface area (Å²) in [6.45, 7) is 0.362. The molecule has 2 aromatic rings. The van der Waals surface area contributed by atoms with E-state index >= 15 is 0 Å². The van der Waals surface area contributed by atoms with Gasteiger partial charge in [-0.1, -0.05) is 29.8 Å². The van der Waals surface area contributed by atoms with Gasteiger partial charge in [0, 0.05) is 11.6 Å². The van der Waals surface area contributed by atoms with E-state index in [0.29, 0.717) is 22.2 Å². The maximum atomic E-state index is 11.8. The van der Waals surface area contributed by atoms with Crippen molar-refractivity contribution in [1.82, 2.24) is 4.72 Å². The predicted octanol–water partition coefficient (Wildman–Crippen LogP) is 2.92. The van der Waals surface area contributed by atoms with Crippen LogP contribution in [0, 0.1) is 0 Å². The minimum atomic E-state index is -3.36. The number of hydrogen-bond acceptors (Lipinski definition) is 3. The van der Waals surface area contributed by atoms with Crippen molar-refractivity contribution in [2.45, 2.75) is 10.6 Å². The Labute approximate surface area is 115 Å². The van der Waals surface area contributed by atoms with Crippen LogP contribution >= 0.6 is 22.9 Å². The van der Waals surface area contributed by atoms with Crippen LogP contribution in [-0.2, 0) is 16.4 Å². The molecule has 1 aromatic heterocycles. The molecule has 0 aliphatic heterocycles. The first kappa shape index (κ1) is 13.5. The molecule has 1 N–H and O–H groups in total. The van der Waals surface area contributed by atoms with Gasteiger partial charge in [0.2, 0.25) is 10.0 Å². The average molecular weight is 302 g/mol. The highest BCUT2D eigenvalue weighted by Crippen LogP contribution is 2.15. The monoisotopic (exact) mass is 301 g/mol. The van der Waals surface area contributed by atoms with Crippen LogP contribution in [0.4, 0.5) is 0 Å². The molecule has 0 saturated carbocycles. The SMILES string of the molecule is O=S(=O)(NCCc1cccc(Cl)c1)c1cccs1. The van der Waals surface area contributed by atoms with E-state index in [2.05, 4.69) is 4.72 Å². The van der Waals surface area contributed by atoms with Crippen molar-refractivity contribution < 1.29 is 8.42 Å². The Balaban J connectivity index is 1.93. The Morgan fingerprint density at radius 1 is 1.22 bits per heavy atom. The molecule has 3 nitrogen and oxygen atoms in total. The van der Waals surface area contributed by atoms with Gasteiger partial charge in [0.25, 0.3) is 0 Å². The predicted molar refractivity (Wildman–Crippen MR) is 74.7 cm³/mol. The first-order valence-corrected chi connectivity index (χ1v) is 8.09. The molecule has 1 aromatic carbocycles. The van der Waals surface area contributed by atoms with E-state index in [1.165, 1.54) is 11.3 Å². The Kier molecular flexibility index (Phi) is 4.40. The molecule has 0 aliphatic rings. The summed E-state index contributed by atoms with van der Waals surface area (Å²) in [6.07, 6.45) is 0.616. The van der Waals surface area contributed by atoms with Crippen LogP contribution in [0.15, 0.2) is 46.0 Å². The molecular formula is C12H12ClNO2S2. The second kappa shape index (κ2) is 5.84. The van der Waals surface area contributed by atoms with Crippen LogP contribution < -0.4 is 4.72 Å². The van der Waals surface area contributed by atoms with Crippen LogP contribution in [0.2, 0.25) is 5.02 Å². The normalized spacial score (nSPS) is 11.6. The summed E-state index contributed by atoms with van der Waals surface area (Å²) in [5.41, 5.74) is 1.01. The van der Waals surface area contributed by atoms with Crippen LogP contribution in [0.1, 0.15) is 5.56 Å². The quantitative estimate of drug-likeness (QED) is 0.923. The molecule has 0 saturated heterocycles. The van der Waals surface area contributed by atoms with E-state index in [1.54, 1.807) is 23.6 Å². The van der Waals surface area contributed by atoms with Crippen molar-refractivity contribution in [1.29, 1.82) is 0 Å². The Morgan fingerprint density at radius 3 is 2.72 bits per heavy atom. The second-order valence-corrected chi connectivity index (χ2v) is 7.09. The molecule has 0 unspecified atom stereocenters. The Hall–Kier alpha value is -0.880. The summed E-state index contributed by atoms with van der Waals surface area (Å²) in [4.78, 5) is 0. The highest BCUT2D eigenvalue weighted by Gasteiger charge is 2.13. The molecule has 0 atom stereocenters. The molecule has 96 valence electrons. The van der Waals surface area contributed by atoms with E-state index in [-0.39, 0.29) is 0 Å². The Bertz CT molecular complexity index is 609. The smallest absolute Gasteiger partial charge is 0.210 e. The van der Waals surface area contributed by atoms with Gasteiger partial charge in [0.15, 0.2) is 0 Å². The number of rotatable bonds is 5. The fourth-order valence-corrected chi connectivity index (χ4v) is 3.79. The minimum Gasteiger partial charge on any atom is -0.210 e. The molecule has 0 radical (unpaired) electrons. The van der Waals surface area contributed by atoms with E-state index in [4.69, 9.17) is 11.6 Å². The third-order valence-corrected chi connectivity index (χ3v) is 5.45. The number of nitrogens with one attached hydrogen (secondary N) is 1. The third-order valence-electron chi connectivity index (χ3n) is 2.35. The zero-order valence-corrected chi connectivity index (χ0v) is 11.9. The summed E-state index contributed by atoms with van der Waals surface area (Å²) in [5.74, 6) is 0. The lowest BCUT2D eigenvalue weighted by Gasteiger charge is -2.05. The molecular weight excluding hydrogens is 290 g/mol. The second-order valence-electron chi connectivity index (χ2n) is 3.71. The standard InChI is InChI=1S/C12H12ClNO2S2/c13-11-4-1-3-10(9-11)6-7-14-18(15,16)12-5-2-8-17-12/h1-5,8-9,14H,6-7H2. The van der Waals surface area contributed by atoms with Gasteiger partial charge in [-0.3, -0.25) is 0 Å². The largest absolute Gasteiger partial charge is 0.250 e. The van der Waals surface area contributed by atoms with Gasteiger partial charge in [0.1, 0.15) is 4.21 Å². The van der Waals surface area contributed by atoms with E-state index < -0.39 is 10.0 Å². The van der Waals surface area contributed by atoms with Crippen molar-refractivity contribution >= 4 is 33.0 Å². The number of sulfonamides is 1. The first-order chi connectivity index (χ1) is 8.58. The van der Waals surface area contributed by atoms with E-state index in [0.717, 1.165) is 5.56 Å². The van der Waals surface area contributed by atoms with Crippen LogP contribution in [0.5, 0.6) is 0 Å². The number of halogens is 1. The number of hydrogen-bond donors (Lipinski definition) is 1. The van der Waals surface area contributed by atoms with Crippen molar-refractivity contribution in [3.63, 3.8) is 0 Å². The van der Waals surface area contributed by atoms with Crippen molar-refractivity contribution in [3.8, 4) is 0 Å². The van der Waals surface area contributed by atoms with Gasteiger partial charge >= 0.3 is 0 Å². The number of benzene rings is 1. The van der Waals surface area contributed by atoms with Gasteiger partial charge in [0.05, 0.1) is 0 Å². The molecule has 2 rings (SSSR count). The van der Waals surface area contributed by atoms with Crippen LogP contribution in [0.3, 0.4) is 0 Å². The summed E-state index contributed by atoms with van der Waals surface area (Å²) in [6, 6.07) is 10.7. The zero-order valence-electron chi connectivity index (χ0n) is 9.47. The maximum Gasteiger partial charge on any atom is 0.250 e. The fraction of sp³-hybridized carbons (Fsp3) is 0.167. The lowest BCUT2D eigenvalue weighted by molar-refractivity contribution is 0.584. The van der Waals surface area contributed by atoms with Gasteiger partial charge in [-0.2, -0.15) is 0 Å².